The molecule has 1 aromatic carbocycles. The number of carbonyl (C=O) groups is 1. The van der Waals surface area contributed by atoms with Gasteiger partial charge in [0.1, 0.15) is 11.3 Å². The fraction of sp³-hybridized carbons (Fsp3) is 0.231. The predicted octanol–water partition coefficient (Wildman–Crippen LogP) is 1.35. The number of aromatic hydroxyl groups is 1. The first-order valence-corrected chi connectivity index (χ1v) is 5.70. The topological polar surface area (TPSA) is 79.5 Å². The number of hydrogen-bond acceptors (Lipinski definition) is 3. The zero-order valence-corrected chi connectivity index (χ0v) is 9.51. The van der Waals surface area contributed by atoms with E-state index >= 15 is 0 Å². The van der Waals surface area contributed by atoms with Crippen molar-refractivity contribution in [1.82, 2.24) is 4.57 Å². The van der Waals surface area contributed by atoms with Crippen molar-refractivity contribution < 1.29 is 15.0 Å². The first kappa shape index (κ1) is 10.8. The lowest BCUT2D eigenvalue weighted by Crippen LogP contribution is -2.21. The third kappa shape index (κ3) is 1.40. The Morgan fingerprint density at radius 2 is 2.11 bits per heavy atom. The zero-order chi connectivity index (χ0) is 12.9. The van der Waals surface area contributed by atoms with Gasteiger partial charge < -0.3 is 14.8 Å². The van der Waals surface area contributed by atoms with Gasteiger partial charge in [0.05, 0.1) is 10.9 Å². The predicted molar refractivity (Wildman–Crippen MR) is 65.2 cm³/mol. The second-order valence-corrected chi connectivity index (χ2v) is 4.48. The van der Waals surface area contributed by atoms with Gasteiger partial charge in [0, 0.05) is 12.7 Å². The lowest BCUT2D eigenvalue weighted by atomic mass is 9.99. The molecule has 18 heavy (non-hydrogen) atoms. The number of aryl methyl sites for hydroxylation is 2. The van der Waals surface area contributed by atoms with Crippen molar-refractivity contribution >= 4 is 16.9 Å². The summed E-state index contributed by atoms with van der Waals surface area (Å²) in [5, 5.41) is 18.9. The Balaban J connectivity index is 2.52. The average molecular weight is 245 g/mol. The summed E-state index contributed by atoms with van der Waals surface area (Å²) >= 11 is 0. The molecule has 3 rings (SSSR count). The van der Waals surface area contributed by atoms with E-state index in [4.69, 9.17) is 5.11 Å². The highest BCUT2D eigenvalue weighted by Crippen LogP contribution is 2.27. The Morgan fingerprint density at radius 3 is 2.83 bits per heavy atom. The molecular formula is C13H11NO4. The number of phenolic OH excluding ortho intramolecular Hbond substituents is 1. The van der Waals surface area contributed by atoms with Gasteiger partial charge in [0.2, 0.25) is 5.43 Å². The van der Waals surface area contributed by atoms with Crippen LogP contribution in [-0.4, -0.2) is 20.7 Å². The summed E-state index contributed by atoms with van der Waals surface area (Å²) in [6.45, 7) is 0.689. The minimum atomic E-state index is -1.24. The molecule has 5 nitrogen and oxygen atoms in total. The molecule has 1 aliphatic heterocycles. The van der Waals surface area contributed by atoms with Crippen LogP contribution < -0.4 is 5.43 Å². The number of aromatic carboxylic acids is 1. The maximum atomic E-state index is 12.1. The Labute approximate surface area is 102 Å². The average Bonchev–Trinajstić information content (AvgIpc) is 2.32. The highest BCUT2D eigenvalue weighted by molar-refractivity contribution is 5.94. The molecule has 0 fully saturated rings. The van der Waals surface area contributed by atoms with E-state index in [-0.39, 0.29) is 16.7 Å². The monoisotopic (exact) mass is 245 g/mol. The Morgan fingerprint density at radius 1 is 1.33 bits per heavy atom. The molecule has 92 valence electrons. The van der Waals surface area contributed by atoms with Gasteiger partial charge in [0.15, 0.2) is 0 Å². The third-order valence-electron chi connectivity index (χ3n) is 3.31. The van der Waals surface area contributed by atoms with E-state index in [2.05, 4.69) is 0 Å². The molecule has 0 bridgehead atoms. The van der Waals surface area contributed by atoms with Gasteiger partial charge in [-0.15, -0.1) is 0 Å². The molecule has 0 saturated carbocycles. The van der Waals surface area contributed by atoms with Crippen LogP contribution in [0.3, 0.4) is 0 Å². The molecule has 0 radical (unpaired) electrons. The van der Waals surface area contributed by atoms with Crippen molar-refractivity contribution in [3.05, 3.63) is 39.7 Å². The van der Waals surface area contributed by atoms with Gasteiger partial charge in [-0.05, 0) is 30.5 Å². The second kappa shape index (κ2) is 3.60. The lowest BCUT2D eigenvalue weighted by Gasteiger charge is -2.20. The summed E-state index contributed by atoms with van der Waals surface area (Å²) in [5.41, 5.74) is 0.855. The van der Waals surface area contributed by atoms with E-state index in [1.54, 1.807) is 10.6 Å². The molecule has 1 aliphatic rings. The van der Waals surface area contributed by atoms with E-state index in [1.807, 2.05) is 0 Å². The summed E-state index contributed by atoms with van der Waals surface area (Å²) in [4.78, 5) is 23.1. The number of nitrogens with zero attached hydrogens (tertiary/aromatic N) is 1. The van der Waals surface area contributed by atoms with E-state index in [9.17, 15) is 14.7 Å². The van der Waals surface area contributed by atoms with Crippen molar-refractivity contribution in [1.29, 1.82) is 0 Å². The summed E-state index contributed by atoms with van der Waals surface area (Å²) in [6, 6.07) is 2.98. The first-order valence-electron chi connectivity index (χ1n) is 5.70. The molecule has 0 amide bonds. The summed E-state index contributed by atoms with van der Waals surface area (Å²) in [5.74, 6) is -1.23. The van der Waals surface area contributed by atoms with Crippen molar-refractivity contribution in [2.75, 3.05) is 0 Å². The van der Waals surface area contributed by atoms with Crippen LogP contribution in [0.15, 0.2) is 23.1 Å². The van der Waals surface area contributed by atoms with E-state index in [1.165, 1.54) is 12.3 Å². The molecule has 0 spiro atoms. The van der Waals surface area contributed by atoms with Gasteiger partial charge in [-0.25, -0.2) is 4.79 Å². The molecule has 2 N–H and O–H groups in total. The van der Waals surface area contributed by atoms with E-state index in [0.29, 0.717) is 6.54 Å². The fourth-order valence-electron chi connectivity index (χ4n) is 2.57. The quantitative estimate of drug-likeness (QED) is 0.794. The van der Waals surface area contributed by atoms with Crippen LogP contribution in [0.25, 0.3) is 10.9 Å². The normalized spacial score (nSPS) is 13.8. The number of carboxylic acids is 1. The summed E-state index contributed by atoms with van der Waals surface area (Å²) < 4.78 is 1.79. The highest BCUT2D eigenvalue weighted by Gasteiger charge is 2.19. The number of phenols is 1. The highest BCUT2D eigenvalue weighted by atomic mass is 16.4. The molecule has 0 unspecified atom stereocenters. The molecular weight excluding hydrogens is 234 g/mol. The van der Waals surface area contributed by atoms with Crippen molar-refractivity contribution in [3.8, 4) is 5.75 Å². The number of pyridine rings is 1. The van der Waals surface area contributed by atoms with Crippen LogP contribution in [0.2, 0.25) is 0 Å². The van der Waals surface area contributed by atoms with Crippen LogP contribution in [0.4, 0.5) is 0 Å². The number of hydrogen-bond donors (Lipinski definition) is 2. The molecule has 2 aromatic rings. The van der Waals surface area contributed by atoms with Crippen LogP contribution in [-0.2, 0) is 13.0 Å². The lowest BCUT2D eigenvalue weighted by molar-refractivity contribution is 0.0694. The van der Waals surface area contributed by atoms with Gasteiger partial charge in [0.25, 0.3) is 0 Å². The van der Waals surface area contributed by atoms with Gasteiger partial charge in [-0.2, -0.15) is 0 Å². The van der Waals surface area contributed by atoms with Gasteiger partial charge >= 0.3 is 5.97 Å². The number of rotatable bonds is 1. The summed E-state index contributed by atoms with van der Waals surface area (Å²) in [6.07, 6.45) is 3.05. The van der Waals surface area contributed by atoms with Crippen LogP contribution in [0.1, 0.15) is 22.3 Å². The van der Waals surface area contributed by atoms with Gasteiger partial charge in [-0.1, -0.05) is 0 Å². The number of benzene rings is 1. The summed E-state index contributed by atoms with van der Waals surface area (Å²) in [7, 11) is 0. The van der Waals surface area contributed by atoms with Crippen molar-refractivity contribution in [2.45, 2.75) is 19.4 Å². The molecule has 0 saturated heterocycles. The maximum Gasteiger partial charge on any atom is 0.341 e. The van der Waals surface area contributed by atoms with Crippen molar-refractivity contribution in [3.63, 3.8) is 0 Å². The first-order chi connectivity index (χ1) is 8.58. The Bertz CT molecular complexity index is 730. The SMILES string of the molecule is O=C(O)c1cn2c3c(cc(O)cc3c1=O)CCC2. The largest absolute Gasteiger partial charge is 0.508 e. The Kier molecular flexibility index (Phi) is 2.16. The maximum absolute atomic E-state index is 12.1. The van der Waals surface area contributed by atoms with Crippen LogP contribution in [0, 0.1) is 0 Å². The van der Waals surface area contributed by atoms with E-state index in [0.717, 1.165) is 23.9 Å². The minimum absolute atomic E-state index is 0.00517. The number of carboxylic acid groups (broad SMARTS) is 1. The fourth-order valence-corrected chi connectivity index (χ4v) is 2.57. The standard InChI is InChI=1S/C13H11NO4/c15-8-4-7-2-1-3-14-6-10(13(17)18)12(16)9(5-8)11(7)14/h4-6,15H,1-3H2,(H,17,18). The smallest absolute Gasteiger partial charge is 0.341 e. The Hall–Kier alpha value is -2.30. The number of aromatic nitrogens is 1. The molecule has 5 heteroatoms. The van der Waals surface area contributed by atoms with Gasteiger partial charge in [-0.3, -0.25) is 4.79 Å². The van der Waals surface area contributed by atoms with Crippen molar-refractivity contribution in [2.24, 2.45) is 0 Å². The second-order valence-electron chi connectivity index (χ2n) is 4.48. The van der Waals surface area contributed by atoms with Crippen LogP contribution >= 0.6 is 0 Å². The van der Waals surface area contributed by atoms with E-state index < -0.39 is 11.4 Å². The third-order valence-corrected chi connectivity index (χ3v) is 3.31. The minimum Gasteiger partial charge on any atom is -0.508 e. The molecule has 1 aromatic heterocycles. The molecule has 0 aliphatic carbocycles. The molecule has 2 heterocycles. The zero-order valence-electron chi connectivity index (χ0n) is 9.51. The van der Waals surface area contributed by atoms with Crippen LogP contribution in [0.5, 0.6) is 5.75 Å². The molecule has 0 atom stereocenters.